The highest BCUT2D eigenvalue weighted by molar-refractivity contribution is 5.85. The van der Waals surface area contributed by atoms with Gasteiger partial charge in [-0.2, -0.15) is 0 Å². The summed E-state index contributed by atoms with van der Waals surface area (Å²) in [5, 5.41) is 0. The molecule has 2 N–H and O–H groups in total. The Hall–Kier alpha value is -0.670. The molecule has 0 saturated heterocycles. The molecule has 0 aromatic carbocycles. The molecule has 0 amide bonds. The van der Waals surface area contributed by atoms with Gasteiger partial charge >= 0.3 is 0 Å². The largest absolute Gasteiger partial charge is 0.324 e. The fourth-order valence-electron chi connectivity index (χ4n) is 2.14. The summed E-state index contributed by atoms with van der Waals surface area (Å²) in [5.41, 5.74) is 6.72. The van der Waals surface area contributed by atoms with E-state index in [0.717, 1.165) is 5.82 Å². The molecular weight excluding hydrogens is 210 g/mol. The van der Waals surface area contributed by atoms with Crippen molar-refractivity contribution in [3.63, 3.8) is 0 Å². The van der Waals surface area contributed by atoms with E-state index in [4.69, 9.17) is 5.73 Å². The maximum absolute atomic E-state index is 5.52. The standard InChI is InChI=1S/C11H17N3.ClH/c12-8-11-13-7-6-10(14-11)9-4-2-1-3-5-9;/h6-7,9H,1-5,8,12H2;1H. The Labute approximate surface area is 96.9 Å². The van der Waals surface area contributed by atoms with Gasteiger partial charge in [-0.15, -0.1) is 12.4 Å². The zero-order chi connectivity index (χ0) is 9.80. The van der Waals surface area contributed by atoms with Crippen LogP contribution in [0.25, 0.3) is 0 Å². The van der Waals surface area contributed by atoms with Gasteiger partial charge in [0.15, 0.2) is 0 Å². The van der Waals surface area contributed by atoms with Crippen molar-refractivity contribution >= 4 is 12.4 Å². The third kappa shape index (κ3) is 3.14. The second-order valence-corrected chi connectivity index (χ2v) is 3.94. The van der Waals surface area contributed by atoms with E-state index in [1.807, 2.05) is 12.3 Å². The number of nitrogens with zero attached hydrogens (tertiary/aromatic N) is 2. The van der Waals surface area contributed by atoms with Crippen molar-refractivity contribution in [3.05, 3.63) is 23.8 Å². The molecule has 0 spiro atoms. The Kier molecular flexibility index (Phi) is 4.99. The normalized spacial score (nSPS) is 17.1. The smallest absolute Gasteiger partial charge is 0.142 e. The van der Waals surface area contributed by atoms with Crippen molar-refractivity contribution in [2.45, 2.75) is 44.6 Å². The Bertz CT molecular complexity index is 298. The van der Waals surface area contributed by atoms with Gasteiger partial charge in [0.1, 0.15) is 5.82 Å². The fraction of sp³-hybridized carbons (Fsp3) is 0.636. The van der Waals surface area contributed by atoms with Crippen LogP contribution in [0.2, 0.25) is 0 Å². The van der Waals surface area contributed by atoms with Gasteiger partial charge in [0.25, 0.3) is 0 Å². The van der Waals surface area contributed by atoms with Crippen molar-refractivity contribution < 1.29 is 0 Å². The molecular formula is C11H18ClN3. The Morgan fingerprint density at radius 3 is 2.67 bits per heavy atom. The van der Waals surface area contributed by atoms with Crippen LogP contribution in [-0.2, 0) is 6.54 Å². The van der Waals surface area contributed by atoms with Crippen molar-refractivity contribution in [3.8, 4) is 0 Å². The number of hydrogen-bond acceptors (Lipinski definition) is 3. The van der Waals surface area contributed by atoms with Crippen molar-refractivity contribution in [1.82, 2.24) is 9.97 Å². The molecule has 1 saturated carbocycles. The van der Waals surface area contributed by atoms with E-state index in [1.54, 1.807) is 0 Å². The monoisotopic (exact) mass is 227 g/mol. The summed E-state index contributed by atoms with van der Waals surface area (Å²) in [4.78, 5) is 8.60. The lowest BCUT2D eigenvalue weighted by molar-refractivity contribution is 0.435. The van der Waals surface area contributed by atoms with E-state index in [2.05, 4.69) is 9.97 Å². The average Bonchev–Trinajstić information content (AvgIpc) is 2.30. The van der Waals surface area contributed by atoms with Gasteiger partial charge in [-0.3, -0.25) is 0 Å². The molecule has 0 aliphatic heterocycles. The van der Waals surface area contributed by atoms with Gasteiger partial charge in [-0.25, -0.2) is 9.97 Å². The molecule has 0 unspecified atom stereocenters. The van der Waals surface area contributed by atoms with Crippen LogP contribution in [0.1, 0.15) is 49.5 Å². The lowest BCUT2D eigenvalue weighted by Gasteiger charge is -2.20. The van der Waals surface area contributed by atoms with Gasteiger partial charge in [0, 0.05) is 17.8 Å². The summed E-state index contributed by atoms with van der Waals surface area (Å²) in [7, 11) is 0. The summed E-state index contributed by atoms with van der Waals surface area (Å²) in [6.45, 7) is 0.445. The predicted octanol–water partition coefficient (Wildman–Crippen LogP) is 2.40. The van der Waals surface area contributed by atoms with Crippen LogP contribution in [0.4, 0.5) is 0 Å². The molecule has 0 radical (unpaired) electrons. The first kappa shape index (κ1) is 12.4. The third-order valence-corrected chi connectivity index (χ3v) is 2.93. The van der Waals surface area contributed by atoms with E-state index in [0.29, 0.717) is 12.5 Å². The highest BCUT2D eigenvalue weighted by atomic mass is 35.5. The highest BCUT2D eigenvalue weighted by Gasteiger charge is 2.16. The summed E-state index contributed by atoms with van der Waals surface area (Å²) in [5.74, 6) is 1.42. The van der Waals surface area contributed by atoms with E-state index in [1.165, 1.54) is 37.8 Å². The van der Waals surface area contributed by atoms with E-state index in [9.17, 15) is 0 Å². The molecule has 1 aliphatic rings. The topological polar surface area (TPSA) is 51.8 Å². The molecule has 1 aromatic rings. The van der Waals surface area contributed by atoms with E-state index < -0.39 is 0 Å². The summed E-state index contributed by atoms with van der Waals surface area (Å²) in [6.07, 6.45) is 8.45. The number of nitrogens with two attached hydrogens (primary N) is 1. The molecule has 0 atom stereocenters. The number of hydrogen-bond donors (Lipinski definition) is 1. The van der Waals surface area contributed by atoms with E-state index >= 15 is 0 Å². The Balaban J connectivity index is 0.00000112. The van der Waals surface area contributed by atoms with Gasteiger partial charge in [0.05, 0.1) is 6.54 Å². The molecule has 1 aliphatic carbocycles. The third-order valence-electron chi connectivity index (χ3n) is 2.93. The van der Waals surface area contributed by atoms with Crippen LogP contribution in [-0.4, -0.2) is 9.97 Å². The van der Waals surface area contributed by atoms with Gasteiger partial charge < -0.3 is 5.73 Å². The van der Waals surface area contributed by atoms with Gasteiger partial charge in [-0.05, 0) is 18.9 Å². The van der Waals surface area contributed by atoms with Crippen LogP contribution in [0.3, 0.4) is 0 Å². The van der Waals surface area contributed by atoms with E-state index in [-0.39, 0.29) is 12.4 Å². The molecule has 84 valence electrons. The molecule has 1 fully saturated rings. The Morgan fingerprint density at radius 2 is 2.00 bits per heavy atom. The summed E-state index contributed by atoms with van der Waals surface area (Å²) >= 11 is 0. The van der Waals surface area contributed by atoms with Crippen LogP contribution >= 0.6 is 12.4 Å². The van der Waals surface area contributed by atoms with Crippen LogP contribution in [0.5, 0.6) is 0 Å². The predicted molar refractivity (Wildman–Crippen MR) is 63.0 cm³/mol. The minimum Gasteiger partial charge on any atom is -0.324 e. The zero-order valence-electron chi connectivity index (χ0n) is 8.85. The van der Waals surface area contributed by atoms with Crippen LogP contribution in [0.15, 0.2) is 12.3 Å². The number of halogens is 1. The maximum atomic E-state index is 5.52. The maximum Gasteiger partial charge on any atom is 0.142 e. The summed E-state index contributed by atoms with van der Waals surface area (Å²) < 4.78 is 0. The first-order valence-corrected chi connectivity index (χ1v) is 5.42. The van der Waals surface area contributed by atoms with Crippen molar-refractivity contribution in [1.29, 1.82) is 0 Å². The average molecular weight is 228 g/mol. The van der Waals surface area contributed by atoms with Gasteiger partial charge in [0.2, 0.25) is 0 Å². The number of aromatic nitrogens is 2. The second kappa shape index (κ2) is 6.03. The molecule has 0 bridgehead atoms. The lowest BCUT2D eigenvalue weighted by Crippen LogP contribution is -2.10. The quantitative estimate of drug-likeness (QED) is 0.844. The molecule has 4 heteroatoms. The molecule has 1 aromatic heterocycles. The summed E-state index contributed by atoms with van der Waals surface area (Å²) in [6, 6.07) is 2.04. The molecule has 3 nitrogen and oxygen atoms in total. The molecule has 1 heterocycles. The van der Waals surface area contributed by atoms with Gasteiger partial charge in [-0.1, -0.05) is 19.3 Å². The van der Waals surface area contributed by atoms with Crippen molar-refractivity contribution in [2.24, 2.45) is 5.73 Å². The second-order valence-electron chi connectivity index (χ2n) is 3.94. The first-order chi connectivity index (χ1) is 6.90. The van der Waals surface area contributed by atoms with Crippen LogP contribution < -0.4 is 5.73 Å². The highest BCUT2D eigenvalue weighted by Crippen LogP contribution is 2.31. The van der Waals surface area contributed by atoms with Crippen molar-refractivity contribution in [2.75, 3.05) is 0 Å². The van der Waals surface area contributed by atoms with Crippen LogP contribution in [0, 0.1) is 0 Å². The Morgan fingerprint density at radius 1 is 1.27 bits per heavy atom. The molecule has 15 heavy (non-hydrogen) atoms. The zero-order valence-corrected chi connectivity index (χ0v) is 9.67. The fourth-order valence-corrected chi connectivity index (χ4v) is 2.14. The minimum absolute atomic E-state index is 0. The first-order valence-electron chi connectivity index (χ1n) is 5.42. The lowest BCUT2D eigenvalue weighted by atomic mass is 9.87. The minimum atomic E-state index is 0. The molecule has 2 rings (SSSR count). The number of rotatable bonds is 2. The SMILES string of the molecule is Cl.NCc1nccc(C2CCCCC2)n1.